The number of hydrogen-bond donors (Lipinski definition) is 0. The van der Waals surface area contributed by atoms with Crippen LogP contribution in [-0.4, -0.2) is 0 Å². The van der Waals surface area contributed by atoms with Crippen molar-refractivity contribution in [3.8, 4) is 0 Å². The van der Waals surface area contributed by atoms with E-state index in [1.165, 1.54) is 141 Å². The summed E-state index contributed by atoms with van der Waals surface area (Å²) in [5.41, 5.74) is 0. The second kappa shape index (κ2) is 24.8. The second-order valence-electron chi connectivity index (χ2n) is 9.39. The Morgan fingerprint density at radius 3 is 1.14 bits per heavy atom. The van der Waals surface area contributed by atoms with E-state index in [0.717, 1.165) is 5.92 Å². The van der Waals surface area contributed by atoms with E-state index in [2.05, 4.69) is 32.9 Å². The van der Waals surface area contributed by atoms with Crippen molar-refractivity contribution in [2.75, 3.05) is 0 Å². The van der Waals surface area contributed by atoms with Crippen LogP contribution in [0.15, 0.2) is 12.2 Å². The van der Waals surface area contributed by atoms with Crippen molar-refractivity contribution in [2.24, 2.45) is 5.92 Å². The molecule has 168 valence electrons. The first-order valence-corrected chi connectivity index (χ1v) is 13.5. The molecule has 0 amide bonds. The van der Waals surface area contributed by atoms with E-state index in [9.17, 15) is 0 Å². The largest absolute Gasteiger partial charge is 0.0885 e. The fourth-order valence-electron chi connectivity index (χ4n) is 4.16. The van der Waals surface area contributed by atoms with Gasteiger partial charge in [-0.1, -0.05) is 148 Å². The predicted molar refractivity (Wildman–Crippen MR) is 131 cm³/mol. The van der Waals surface area contributed by atoms with Gasteiger partial charge in [-0.2, -0.15) is 0 Å². The second-order valence-corrected chi connectivity index (χ2v) is 9.39. The molecule has 0 N–H and O–H groups in total. The molecule has 0 nitrogen and oxygen atoms in total. The number of allylic oxidation sites excluding steroid dienone is 2. The molecule has 1 unspecified atom stereocenters. The van der Waals surface area contributed by atoms with Crippen molar-refractivity contribution in [3.05, 3.63) is 12.2 Å². The van der Waals surface area contributed by atoms with Crippen LogP contribution in [0, 0.1) is 5.92 Å². The highest BCUT2D eigenvalue weighted by Crippen LogP contribution is 2.18. The van der Waals surface area contributed by atoms with E-state index in [4.69, 9.17) is 0 Å². The van der Waals surface area contributed by atoms with Crippen molar-refractivity contribution < 1.29 is 0 Å². The van der Waals surface area contributed by atoms with Gasteiger partial charge in [0, 0.05) is 0 Å². The molecule has 0 saturated heterocycles. The monoisotopic (exact) mass is 392 g/mol. The molecule has 0 radical (unpaired) electrons. The summed E-state index contributed by atoms with van der Waals surface area (Å²) in [5, 5.41) is 0. The molecule has 0 aliphatic heterocycles. The van der Waals surface area contributed by atoms with Crippen LogP contribution in [0.3, 0.4) is 0 Å². The number of hydrogen-bond acceptors (Lipinski definition) is 0. The minimum absolute atomic E-state index is 0.956. The molecule has 0 saturated carbocycles. The topological polar surface area (TPSA) is 0 Å². The lowest BCUT2D eigenvalue weighted by Crippen LogP contribution is -1.95. The van der Waals surface area contributed by atoms with Gasteiger partial charge in [-0.05, 0) is 31.6 Å². The summed E-state index contributed by atoms with van der Waals surface area (Å²) >= 11 is 0. The summed E-state index contributed by atoms with van der Waals surface area (Å²) in [6.07, 6.45) is 36.3. The normalized spacial score (nSPS) is 12.8. The van der Waals surface area contributed by atoms with E-state index in [0.29, 0.717) is 0 Å². The lowest BCUT2D eigenvalue weighted by atomic mass is 9.96. The molecule has 0 heterocycles. The molecule has 0 aromatic heterocycles. The Morgan fingerprint density at radius 1 is 0.429 bits per heavy atom. The molecule has 0 bridgehead atoms. The first kappa shape index (κ1) is 27.7. The van der Waals surface area contributed by atoms with Crippen LogP contribution in [-0.2, 0) is 0 Å². The Hall–Kier alpha value is -0.260. The molecule has 0 fully saturated rings. The zero-order chi connectivity index (χ0) is 20.5. The zero-order valence-corrected chi connectivity index (χ0v) is 20.3. The molecule has 0 heteroatoms. The third-order valence-electron chi connectivity index (χ3n) is 6.26. The molecular weight excluding hydrogens is 336 g/mol. The van der Waals surface area contributed by atoms with Crippen molar-refractivity contribution in [1.82, 2.24) is 0 Å². The summed E-state index contributed by atoms with van der Waals surface area (Å²) in [4.78, 5) is 0. The standard InChI is InChI=1S/C28H56/c1-4-6-8-10-12-14-15-16-17-18-19-21-23-25-27-28(3)26-24-22-20-13-11-9-7-5-2/h16-17,28H,4-15,18-27H2,1-3H3. The highest BCUT2D eigenvalue weighted by atomic mass is 14.1. The summed E-state index contributed by atoms with van der Waals surface area (Å²) in [6.45, 7) is 7.07. The van der Waals surface area contributed by atoms with Crippen LogP contribution in [0.2, 0.25) is 0 Å². The van der Waals surface area contributed by atoms with Crippen molar-refractivity contribution in [3.63, 3.8) is 0 Å². The predicted octanol–water partition coefficient (Wildman–Crippen LogP) is 10.8. The van der Waals surface area contributed by atoms with Crippen LogP contribution >= 0.6 is 0 Å². The molecular formula is C28H56. The summed E-state index contributed by atoms with van der Waals surface area (Å²) in [7, 11) is 0. The lowest BCUT2D eigenvalue weighted by Gasteiger charge is -2.11. The van der Waals surface area contributed by atoms with Gasteiger partial charge in [-0.25, -0.2) is 0 Å². The van der Waals surface area contributed by atoms with Crippen LogP contribution in [0.25, 0.3) is 0 Å². The molecule has 0 aromatic rings. The van der Waals surface area contributed by atoms with Crippen LogP contribution < -0.4 is 0 Å². The molecule has 1 atom stereocenters. The van der Waals surface area contributed by atoms with Gasteiger partial charge in [-0.3, -0.25) is 0 Å². The summed E-state index contributed by atoms with van der Waals surface area (Å²) in [6, 6.07) is 0. The van der Waals surface area contributed by atoms with E-state index >= 15 is 0 Å². The van der Waals surface area contributed by atoms with Crippen molar-refractivity contribution in [1.29, 1.82) is 0 Å². The molecule has 0 rings (SSSR count). The quantitative estimate of drug-likeness (QED) is 0.120. The smallest absolute Gasteiger partial charge is 0.0351 e. The van der Waals surface area contributed by atoms with Gasteiger partial charge in [0.15, 0.2) is 0 Å². The SMILES string of the molecule is CCCCCCCCC=CCCCCCCC(C)CCCCCCCCCC. The number of unbranched alkanes of at least 4 members (excludes halogenated alkanes) is 17. The van der Waals surface area contributed by atoms with Crippen LogP contribution in [0.5, 0.6) is 0 Å². The summed E-state index contributed by atoms with van der Waals surface area (Å²) in [5.74, 6) is 0.956. The van der Waals surface area contributed by atoms with Gasteiger partial charge < -0.3 is 0 Å². The van der Waals surface area contributed by atoms with Gasteiger partial charge in [0.2, 0.25) is 0 Å². The van der Waals surface area contributed by atoms with Crippen molar-refractivity contribution in [2.45, 2.75) is 162 Å². The minimum Gasteiger partial charge on any atom is -0.0885 e. The van der Waals surface area contributed by atoms with Crippen LogP contribution in [0.1, 0.15) is 162 Å². The summed E-state index contributed by atoms with van der Waals surface area (Å²) < 4.78 is 0. The maximum absolute atomic E-state index is 2.48. The Kier molecular flexibility index (Phi) is 24.5. The third-order valence-corrected chi connectivity index (χ3v) is 6.26. The molecule has 0 spiro atoms. The maximum Gasteiger partial charge on any atom is -0.0351 e. The van der Waals surface area contributed by atoms with Gasteiger partial charge in [0.05, 0.1) is 0 Å². The average molecular weight is 393 g/mol. The highest BCUT2D eigenvalue weighted by Gasteiger charge is 2.02. The Morgan fingerprint density at radius 2 is 0.750 bits per heavy atom. The lowest BCUT2D eigenvalue weighted by molar-refractivity contribution is 0.432. The van der Waals surface area contributed by atoms with Crippen molar-refractivity contribution >= 4 is 0 Å². The fourth-order valence-corrected chi connectivity index (χ4v) is 4.16. The Bertz CT molecular complexity index is 290. The van der Waals surface area contributed by atoms with Gasteiger partial charge in [-0.15, -0.1) is 0 Å². The van der Waals surface area contributed by atoms with E-state index in [1.807, 2.05) is 0 Å². The molecule has 28 heavy (non-hydrogen) atoms. The molecule has 0 aromatic carbocycles. The molecule has 0 aliphatic carbocycles. The minimum atomic E-state index is 0.956. The first-order chi connectivity index (χ1) is 13.8. The first-order valence-electron chi connectivity index (χ1n) is 13.5. The highest BCUT2D eigenvalue weighted by molar-refractivity contribution is 4.81. The van der Waals surface area contributed by atoms with E-state index in [1.54, 1.807) is 0 Å². The van der Waals surface area contributed by atoms with E-state index < -0.39 is 0 Å². The van der Waals surface area contributed by atoms with Gasteiger partial charge >= 0.3 is 0 Å². The Balaban J connectivity index is 3.19. The zero-order valence-electron chi connectivity index (χ0n) is 20.3. The van der Waals surface area contributed by atoms with Crippen LogP contribution in [0.4, 0.5) is 0 Å². The fraction of sp³-hybridized carbons (Fsp3) is 0.929. The molecule has 0 aliphatic rings. The number of rotatable bonds is 23. The Labute approximate surface area is 180 Å². The third kappa shape index (κ3) is 23.8. The average Bonchev–Trinajstić information content (AvgIpc) is 2.70. The van der Waals surface area contributed by atoms with Gasteiger partial charge in [0.25, 0.3) is 0 Å². The van der Waals surface area contributed by atoms with E-state index in [-0.39, 0.29) is 0 Å². The maximum atomic E-state index is 2.48. The van der Waals surface area contributed by atoms with Gasteiger partial charge in [0.1, 0.15) is 0 Å².